The quantitative estimate of drug-likeness (QED) is 0.803. The molecule has 3 saturated heterocycles. The van der Waals surface area contributed by atoms with Crippen LogP contribution in [0.15, 0.2) is 12.3 Å². The number of carbonyl (C=O) groups excluding carboxylic acids is 2. The van der Waals surface area contributed by atoms with Crippen molar-refractivity contribution in [3.05, 3.63) is 18.0 Å². The van der Waals surface area contributed by atoms with Gasteiger partial charge in [-0.05, 0) is 45.1 Å². The summed E-state index contributed by atoms with van der Waals surface area (Å²) in [5, 5.41) is 4.25. The molecular formula is C20H30N4O3. The largest absolute Gasteiger partial charge is 0.381 e. The molecule has 0 radical (unpaired) electrons. The van der Waals surface area contributed by atoms with E-state index in [1.165, 1.54) is 0 Å². The summed E-state index contributed by atoms with van der Waals surface area (Å²) in [6, 6.07) is 2.26. The minimum Gasteiger partial charge on any atom is -0.381 e. The Labute approximate surface area is 160 Å². The van der Waals surface area contributed by atoms with Gasteiger partial charge >= 0.3 is 0 Å². The lowest BCUT2D eigenvalue weighted by Gasteiger charge is -2.44. The molecule has 0 aromatic carbocycles. The van der Waals surface area contributed by atoms with Gasteiger partial charge in [0, 0.05) is 63.7 Å². The van der Waals surface area contributed by atoms with E-state index in [9.17, 15) is 9.59 Å². The lowest BCUT2D eigenvalue weighted by atomic mass is 9.77. The SMILES string of the molecule is Cc1ccnn1CCC(=O)N1CCC2(CCCN(C3CCOCC3)C2=O)C1. The fraction of sp³-hybridized carbons (Fsp3) is 0.750. The molecule has 148 valence electrons. The number of likely N-dealkylation sites (tertiary alicyclic amines) is 2. The number of ether oxygens (including phenoxy) is 1. The van der Waals surface area contributed by atoms with Crippen LogP contribution in [-0.4, -0.2) is 70.3 Å². The molecule has 7 heteroatoms. The van der Waals surface area contributed by atoms with Crippen molar-refractivity contribution in [3.63, 3.8) is 0 Å². The lowest BCUT2D eigenvalue weighted by Crippen LogP contribution is -2.55. The van der Waals surface area contributed by atoms with Crippen LogP contribution in [0, 0.1) is 12.3 Å². The molecule has 1 aromatic heterocycles. The number of hydrogen-bond donors (Lipinski definition) is 0. The number of hydrogen-bond acceptors (Lipinski definition) is 4. The Morgan fingerprint density at radius 1 is 1.30 bits per heavy atom. The van der Waals surface area contributed by atoms with Crippen molar-refractivity contribution in [2.45, 2.75) is 58.0 Å². The number of rotatable bonds is 4. The second kappa shape index (κ2) is 7.62. The normalized spacial score (nSPS) is 26.9. The van der Waals surface area contributed by atoms with E-state index < -0.39 is 0 Å². The number of aromatic nitrogens is 2. The molecule has 1 unspecified atom stereocenters. The van der Waals surface area contributed by atoms with Crippen molar-refractivity contribution >= 4 is 11.8 Å². The molecule has 3 aliphatic heterocycles. The molecule has 3 aliphatic rings. The zero-order valence-corrected chi connectivity index (χ0v) is 16.2. The number of amides is 2. The van der Waals surface area contributed by atoms with Crippen LogP contribution in [0.5, 0.6) is 0 Å². The monoisotopic (exact) mass is 374 g/mol. The predicted molar refractivity (Wildman–Crippen MR) is 100.0 cm³/mol. The smallest absolute Gasteiger partial charge is 0.230 e. The van der Waals surface area contributed by atoms with E-state index in [0.717, 1.165) is 57.6 Å². The van der Waals surface area contributed by atoms with Crippen LogP contribution in [0.2, 0.25) is 0 Å². The van der Waals surface area contributed by atoms with Gasteiger partial charge in [-0.1, -0.05) is 0 Å². The zero-order chi connectivity index (χ0) is 18.9. The summed E-state index contributed by atoms with van der Waals surface area (Å²) in [6.45, 7) is 6.24. The fourth-order valence-corrected chi connectivity index (χ4v) is 4.90. The van der Waals surface area contributed by atoms with Crippen LogP contribution in [0.4, 0.5) is 0 Å². The van der Waals surface area contributed by atoms with Gasteiger partial charge in [0.1, 0.15) is 0 Å². The molecule has 27 heavy (non-hydrogen) atoms. The Balaban J connectivity index is 1.37. The van der Waals surface area contributed by atoms with Gasteiger partial charge in [0.15, 0.2) is 0 Å². The van der Waals surface area contributed by atoms with Crippen LogP contribution < -0.4 is 0 Å². The summed E-state index contributed by atoms with van der Waals surface area (Å²) >= 11 is 0. The van der Waals surface area contributed by atoms with E-state index in [4.69, 9.17) is 4.74 Å². The highest BCUT2D eigenvalue weighted by molar-refractivity contribution is 5.86. The molecule has 4 rings (SSSR count). The Morgan fingerprint density at radius 2 is 2.11 bits per heavy atom. The maximum absolute atomic E-state index is 13.3. The second-order valence-electron chi connectivity index (χ2n) is 8.24. The Morgan fingerprint density at radius 3 is 2.85 bits per heavy atom. The molecular weight excluding hydrogens is 344 g/mol. The van der Waals surface area contributed by atoms with E-state index in [1.54, 1.807) is 6.20 Å². The highest BCUT2D eigenvalue weighted by Crippen LogP contribution is 2.41. The number of carbonyl (C=O) groups is 2. The van der Waals surface area contributed by atoms with E-state index in [0.29, 0.717) is 32.1 Å². The highest BCUT2D eigenvalue weighted by atomic mass is 16.5. The molecule has 0 N–H and O–H groups in total. The van der Waals surface area contributed by atoms with Gasteiger partial charge in [0.25, 0.3) is 0 Å². The maximum atomic E-state index is 13.3. The van der Waals surface area contributed by atoms with Gasteiger partial charge in [-0.3, -0.25) is 14.3 Å². The molecule has 0 bridgehead atoms. The van der Waals surface area contributed by atoms with Crippen LogP contribution in [0.1, 0.15) is 44.2 Å². The molecule has 4 heterocycles. The third kappa shape index (κ3) is 3.61. The first-order valence-electron chi connectivity index (χ1n) is 10.2. The molecule has 7 nitrogen and oxygen atoms in total. The summed E-state index contributed by atoms with van der Waals surface area (Å²) in [5.74, 6) is 0.414. The van der Waals surface area contributed by atoms with Crippen molar-refractivity contribution in [1.82, 2.24) is 19.6 Å². The van der Waals surface area contributed by atoms with Crippen LogP contribution in [-0.2, 0) is 20.9 Å². The Kier molecular flexibility index (Phi) is 5.21. The van der Waals surface area contributed by atoms with Crippen molar-refractivity contribution in [3.8, 4) is 0 Å². The molecule has 0 saturated carbocycles. The van der Waals surface area contributed by atoms with E-state index in [1.807, 2.05) is 22.6 Å². The molecule has 1 atom stereocenters. The van der Waals surface area contributed by atoms with E-state index >= 15 is 0 Å². The first-order chi connectivity index (χ1) is 13.1. The van der Waals surface area contributed by atoms with Gasteiger partial charge in [-0.2, -0.15) is 5.10 Å². The number of piperidine rings is 1. The van der Waals surface area contributed by atoms with Crippen molar-refractivity contribution in [2.75, 3.05) is 32.8 Å². The second-order valence-corrected chi connectivity index (χ2v) is 8.24. The minimum atomic E-state index is -0.353. The Bertz CT molecular complexity index is 697. The minimum absolute atomic E-state index is 0.137. The zero-order valence-electron chi connectivity index (χ0n) is 16.2. The molecule has 3 fully saturated rings. The van der Waals surface area contributed by atoms with Crippen molar-refractivity contribution < 1.29 is 14.3 Å². The summed E-state index contributed by atoms with van der Waals surface area (Å²) in [5.41, 5.74) is 0.712. The van der Waals surface area contributed by atoms with Gasteiger partial charge in [-0.25, -0.2) is 0 Å². The van der Waals surface area contributed by atoms with E-state index in [-0.39, 0.29) is 17.2 Å². The molecule has 2 amide bonds. The van der Waals surface area contributed by atoms with Gasteiger partial charge < -0.3 is 14.5 Å². The summed E-state index contributed by atoms with van der Waals surface area (Å²) in [6.07, 6.45) is 6.83. The summed E-state index contributed by atoms with van der Waals surface area (Å²) < 4.78 is 7.32. The lowest BCUT2D eigenvalue weighted by molar-refractivity contribution is -0.150. The summed E-state index contributed by atoms with van der Waals surface area (Å²) in [4.78, 5) is 30.1. The van der Waals surface area contributed by atoms with Gasteiger partial charge in [0.05, 0.1) is 5.41 Å². The third-order valence-corrected chi connectivity index (χ3v) is 6.57. The third-order valence-electron chi connectivity index (χ3n) is 6.57. The number of nitrogens with zero attached hydrogens (tertiary/aromatic N) is 4. The van der Waals surface area contributed by atoms with Crippen LogP contribution in [0.3, 0.4) is 0 Å². The van der Waals surface area contributed by atoms with Gasteiger partial charge in [-0.15, -0.1) is 0 Å². The first kappa shape index (κ1) is 18.5. The Hall–Kier alpha value is -1.89. The summed E-state index contributed by atoms with van der Waals surface area (Å²) in [7, 11) is 0. The van der Waals surface area contributed by atoms with Crippen LogP contribution >= 0.6 is 0 Å². The van der Waals surface area contributed by atoms with Crippen molar-refractivity contribution in [2.24, 2.45) is 5.41 Å². The van der Waals surface area contributed by atoms with E-state index in [2.05, 4.69) is 10.00 Å². The average molecular weight is 374 g/mol. The predicted octanol–water partition coefficient (Wildman–Crippen LogP) is 1.60. The number of aryl methyl sites for hydroxylation is 2. The fourth-order valence-electron chi connectivity index (χ4n) is 4.90. The molecule has 1 spiro atoms. The topological polar surface area (TPSA) is 67.7 Å². The standard InChI is InChI=1S/C20H30N4O3/c1-16-3-9-21-24(16)11-4-18(25)22-12-8-20(15-22)7-2-10-23(19(20)26)17-5-13-27-14-6-17/h3,9,17H,2,4-8,10-15H2,1H3. The van der Waals surface area contributed by atoms with Crippen molar-refractivity contribution in [1.29, 1.82) is 0 Å². The first-order valence-corrected chi connectivity index (χ1v) is 10.2. The molecule has 0 aliphatic carbocycles. The van der Waals surface area contributed by atoms with Crippen LogP contribution in [0.25, 0.3) is 0 Å². The maximum Gasteiger partial charge on any atom is 0.230 e. The highest BCUT2D eigenvalue weighted by Gasteiger charge is 2.50. The molecule has 1 aromatic rings. The van der Waals surface area contributed by atoms with Gasteiger partial charge in [0.2, 0.25) is 11.8 Å². The average Bonchev–Trinajstić information content (AvgIpc) is 3.30.